The highest BCUT2D eigenvalue weighted by Crippen LogP contribution is 2.19. The zero-order valence-corrected chi connectivity index (χ0v) is 60.8. The Kier molecular flexibility index (Phi) is 69.9. The number of carboxylic acid groups (broad SMARTS) is 1. The van der Waals surface area contributed by atoms with Crippen LogP contribution in [-0.2, 0) is 33.3 Å². The van der Waals surface area contributed by atoms with Gasteiger partial charge in [-0.15, -0.1) is 0 Å². The van der Waals surface area contributed by atoms with Crippen molar-refractivity contribution in [3.05, 3.63) is 72.9 Å². The van der Waals surface area contributed by atoms with E-state index in [1.165, 1.54) is 276 Å². The average Bonchev–Trinajstić information content (AvgIpc) is 3.65. The number of rotatable bonds is 73. The van der Waals surface area contributed by atoms with E-state index in [0.717, 1.165) is 70.6 Å². The lowest BCUT2D eigenvalue weighted by molar-refractivity contribution is -0.870. The molecule has 0 aromatic heterocycles. The molecule has 91 heavy (non-hydrogen) atoms. The van der Waals surface area contributed by atoms with E-state index in [1.807, 2.05) is 21.1 Å². The smallest absolute Gasteiger partial charge is 0.361 e. The quantitative estimate of drug-likeness (QED) is 0.0211. The van der Waals surface area contributed by atoms with E-state index in [4.69, 9.17) is 18.9 Å². The van der Waals surface area contributed by atoms with E-state index < -0.39 is 18.4 Å². The summed E-state index contributed by atoms with van der Waals surface area (Å²) in [6, 6.07) is 0. The average molecular weight is 1280 g/mol. The highest BCUT2D eigenvalue weighted by molar-refractivity contribution is 5.71. The number of aliphatic carboxylic acids is 1. The molecule has 0 saturated heterocycles. The van der Waals surface area contributed by atoms with Gasteiger partial charge in [0.1, 0.15) is 13.2 Å². The number of carbonyl (C=O) groups excluding carboxylic acids is 2. The molecular formula is C82H150NO8+. The maximum absolute atomic E-state index is 13.0. The molecule has 0 aliphatic heterocycles. The lowest BCUT2D eigenvalue weighted by Gasteiger charge is -2.25. The lowest BCUT2D eigenvalue weighted by Crippen LogP contribution is -2.40. The predicted octanol–water partition coefficient (Wildman–Crippen LogP) is 24.8. The van der Waals surface area contributed by atoms with Crippen molar-refractivity contribution in [3.8, 4) is 0 Å². The summed E-state index contributed by atoms with van der Waals surface area (Å²) in [5.41, 5.74) is 0. The third-order valence-electron chi connectivity index (χ3n) is 17.4. The van der Waals surface area contributed by atoms with Gasteiger partial charge in [-0.2, -0.15) is 0 Å². The highest BCUT2D eigenvalue weighted by Gasteiger charge is 2.25. The van der Waals surface area contributed by atoms with Gasteiger partial charge in [-0.1, -0.05) is 350 Å². The van der Waals surface area contributed by atoms with Gasteiger partial charge < -0.3 is 28.5 Å². The van der Waals surface area contributed by atoms with Gasteiger partial charge in [0, 0.05) is 12.8 Å². The van der Waals surface area contributed by atoms with Crippen molar-refractivity contribution in [2.45, 2.75) is 386 Å². The first kappa shape index (κ1) is 87.7. The summed E-state index contributed by atoms with van der Waals surface area (Å²) in [7, 11) is 5.99. The van der Waals surface area contributed by atoms with Gasteiger partial charge in [-0.05, 0) is 83.5 Å². The molecule has 0 aromatic carbocycles. The molecule has 9 nitrogen and oxygen atoms in total. The van der Waals surface area contributed by atoms with E-state index in [0.29, 0.717) is 17.4 Å². The molecule has 0 aromatic rings. The first-order valence-electron chi connectivity index (χ1n) is 39.1. The third kappa shape index (κ3) is 74.0. The minimum Gasteiger partial charge on any atom is -0.477 e. The fourth-order valence-corrected chi connectivity index (χ4v) is 11.5. The van der Waals surface area contributed by atoms with E-state index >= 15 is 0 Å². The molecule has 0 heterocycles. The van der Waals surface area contributed by atoms with Crippen LogP contribution in [0.1, 0.15) is 373 Å². The molecule has 530 valence electrons. The van der Waals surface area contributed by atoms with E-state index in [-0.39, 0.29) is 38.2 Å². The molecule has 0 radical (unpaired) electrons. The molecule has 0 rings (SSSR count). The van der Waals surface area contributed by atoms with Gasteiger partial charge in [0.15, 0.2) is 6.10 Å². The third-order valence-corrected chi connectivity index (χ3v) is 17.4. The zero-order valence-electron chi connectivity index (χ0n) is 60.8. The zero-order chi connectivity index (χ0) is 66.1. The Labute approximate surface area is 564 Å². The first-order valence-corrected chi connectivity index (χ1v) is 39.1. The number of ether oxygens (including phenoxy) is 4. The number of unbranched alkanes of at least 4 members (excludes halogenated alkanes) is 46. The molecule has 0 bridgehead atoms. The Morgan fingerprint density at radius 1 is 0.341 bits per heavy atom. The van der Waals surface area contributed by atoms with Crippen LogP contribution in [-0.4, -0.2) is 87.4 Å². The van der Waals surface area contributed by atoms with Crippen LogP contribution in [0.25, 0.3) is 0 Å². The number of carboxylic acids is 1. The normalized spacial score (nSPS) is 13.0. The van der Waals surface area contributed by atoms with Crippen LogP contribution < -0.4 is 0 Å². The summed E-state index contributed by atoms with van der Waals surface area (Å²) in [5.74, 6) is -1.98. The topological polar surface area (TPSA) is 108 Å². The number of quaternary nitrogens is 1. The molecule has 0 fully saturated rings. The number of likely N-dealkylation sites (N-methyl/N-ethyl adjacent to an activating group) is 1. The number of hydrogen-bond donors (Lipinski definition) is 1. The van der Waals surface area contributed by atoms with Gasteiger partial charge in [0.05, 0.1) is 34.4 Å². The SMILES string of the molecule is CC/C=C\C/C=C\C/C=C\C/C=C\C/C=C\CCCCCCCCCCCCCCCCCC(=O)OC(COC(=O)CCCCCCCCCCCCCCCCCCCCCCCCC/C=C\CCCCCCCCCC)COC(OCC[N+](C)(C)C)C(=O)O. The number of allylic oxidation sites excluding steroid dienone is 12. The number of esters is 2. The van der Waals surface area contributed by atoms with Gasteiger partial charge in [0.2, 0.25) is 0 Å². The van der Waals surface area contributed by atoms with Gasteiger partial charge in [-0.25, -0.2) is 4.79 Å². The molecule has 0 aliphatic carbocycles. The second-order valence-electron chi connectivity index (χ2n) is 27.6. The predicted molar refractivity (Wildman–Crippen MR) is 392 cm³/mol. The molecule has 9 heteroatoms. The van der Waals surface area contributed by atoms with E-state index in [1.54, 1.807) is 0 Å². The van der Waals surface area contributed by atoms with Crippen molar-refractivity contribution in [1.82, 2.24) is 0 Å². The molecule has 0 amide bonds. The Balaban J connectivity index is 4.00. The van der Waals surface area contributed by atoms with Crippen LogP contribution in [0.2, 0.25) is 0 Å². The number of hydrogen-bond acceptors (Lipinski definition) is 7. The van der Waals surface area contributed by atoms with Crippen LogP contribution in [0.3, 0.4) is 0 Å². The molecule has 1 N–H and O–H groups in total. The first-order chi connectivity index (χ1) is 44.6. The highest BCUT2D eigenvalue weighted by atomic mass is 16.7. The number of nitrogens with zero attached hydrogens (tertiary/aromatic N) is 1. The molecule has 2 atom stereocenters. The van der Waals surface area contributed by atoms with E-state index in [2.05, 4.69) is 86.8 Å². The maximum atomic E-state index is 13.0. The fraction of sp³-hybridized carbons (Fsp3) is 0.817. The minimum atomic E-state index is -1.51. The van der Waals surface area contributed by atoms with Crippen molar-refractivity contribution in [1.29, 1.82) is 0 Å². The van der Waals surface area contributed by atoms with Gasteiger partial charge in [-0.3, -0.25) is 9.59 Å². The Morgan fingerprint density at radius 2 is 0.626 bits per heavy atom. The fourth-order valence-electron chi connectivity index (χ4n) is 11.5. The van der Waals surface area contributed by atoms with Gasteiger partial charge in [0.25, 0.3) is 6.29 Å². The lowest BCUT2D eigenvalue weighted by atomic mass is 10.0. The van der Waals surface area contributed by atoms with Crippen LogP contribution in [0, 0.1) is 0 Å². The summed E-state index contributed by atoms with van der Waals surface area (Å²) < 4.78 is 23.0. The summed E-state index contributed by atoms with van der Waals surface area (Å²) in [5, 5.41) is 9.77. The van der Waals surface area contributed by atoms with Crippen LogP contribution in [0.15, 0.2) is 72.9 Å². The molecule has 0 aliphatic rings. The van der Waals surface area contributed by atoms with E-state index in [9.17, 15) is 19.5 Å². The van der Waals surface area contributed by atoms with Crippen LogP contribution in [0.5, 0.6) is 0 Å². The monoisotopic (exact) mass is 1280 g/mol. The van der Waals surface area contributed by atoms with Gasteiger partial charge >= 0.3 is 17.9 Å². The second-order valence-corrected chi connectivity index (χ2v) is 27.6. The maximum Gasteiger partial charge on any atom is 0.361 e. The Hall–Kier alpha value is -3.27. The van der Waals surface area contributed by atoms with Crippen molar-refractivity contribution in [2.24, 2.45) is 0 Å². The summed E-state index contributed by atoms with van der Waals surface area (Å²) in [4.78, 5) is 37.7. The van der Waals surface area contributed by atoms with Crippen LogP contribution >= 0.6 is 0 Å². The standard InChI is InChI=1S/C82H149NO8/c1-6-8-10-12-14-16-18-20-22-24-26-28-30-32-34-36-38-39-40-41-43-44-46-48-50-52-54-56-58-60-62-64-66-68-70-72-79(84)89-76-78(77-90-82(81(86)87)88-75-74-83(3,4)5)91-80(85)73-71-69-67-65-63-61-59-57-55-53-51-49-47-45-42-37-35-33-31-29-27-25-23-21-19-17-15-13-11-9-7-2/h9,11,15,17,21,23-24,26-27,29,33,35,78,82H,6-8,10,12-14,16,18-20,22,25,28,30-32,34,36-77H2,1-5H3/p+1/b11-9-,17-15-,23-21-,26-24-,29-27-,35-33-. The largest absolute Gasteiger partial charge is 0.477 e. The number of carbonyl (C=O) groups is 3. The second kappa shape index (κ2) is 72.6. The molecule has 2 unspecified atom stereocenters. The van der Waals surface area contributed by atoms with Crippen molar-refractivity contribution < 1.29 is 42.9 Å². The summed E-state index contributed by atoms with van der Waals surface area (Å²) >= 11 is 0. The van der Waals surface area contributed by atoms with Crippen LogP contribution in [0.4, 0.5) is 0 Å². The molecule has 0 saturated carbocycles. The van der Waals surface area contributed by atoms with Crippen molar-refractivity contribution >= 4 is 17.9 Å². The summed E-state index contributed by atoms with van der Waals surface area (Å²) in [6.07, 6.45) is 94.8. The Morgan fingerprint density at radius 3 is 0.945 bits per heavy atom. The molecular weight excluding hydrogens is 1130 g/mol. The minimum absolute atomic E-state index is 0.179. The summed E-state index contributed by atoms with van der Waals surface area (Å²) in [6.45, 7) is 4.82. The molecule has 0 spiro atoms. The Bertz CT molecular complexity index is 1730. The van der Waals surface area contributed by atoms with Crippen molar-refractivity contribution in [2.75, 3.05) is 47.5 Å². The van der Waals surface area contributed by atoms with Crippen molar-refractivity contribution in [3.63, 3.8) is 0 Å².